The van der Waals surface area contributed by atoms with Gasteiger partial charge < -0.3 is 10.2 Å². The molecule has 1 saturated heterocycles. The van der Waals surface area contributed by atoms with Crippen molar-refractivity contribution in [3.05, 3.63) is 101 Å². The lowest BCUT2D eigenvalue weighted by molar-refractivity contribution is -0.122. The molecule has 0 aliphatic carbocycles. The second kappa shape index (κ2) is 9.79. The highest BCUT2D eigenvalue weighted by Gasteiger charge is 2.22. The Morgan fingerprint density at radius 1 is 0.833 bits per heavy atom. The molecule has 1 fully saturated rings. The molecule has 5 heteroatoms. The zero-order valence-electron chi connectivity index (χ0n) is 16.9. The Kier molecular flexibility index (Phi) is 6.67. The van der Waals surface area contributed by atoms with E-state index in [9.17, 15) is 4.79 Å². The van der Waals surface area contributed by atoms with Gasteiger partial charge in [-0.25, -0.2) is 0 Å². The van der Waals surface area contributed by atoms with E-state index in [-0.39, 0.29) is 11.9 Å². The van der Waals surface area contributed by atoms with Gasteiger partial charge in [-0.1, -0.05) is 78.3 Å². The topological polar surface area (TPSA) is 35.6 Å². The maximum atomic E-state index is 12.9. The fraction of sp³-hybridized carbons (Fsp3) is 0.240. The summed E-state index contributed by atoms with van der Waals surface area (Å²) in [6, 6.07) is 28.0. The van der Waals surface area contributed by atoms with Gasteiger partial charge in [0.1, 0.15) is 0 Å². The Labute approximate surface area is 183 Å². The molecule has 0 spiro atoms. The molecule has 0 bridgehead atoms. The highest BCUT2D eigenvalue weighted by Crippen LogP contribution is 2.23. The Bertz CT molecular complexity index is 917. The van der Waals surface area contributed by atoms with E-state index in [1.165, 1.54) is 0 Å². The highest BCUT2D eigenvalue weighted by molar-refractivity contribution is 6.30. The molecule has 0 unspecified atom stereocenters. The van der Waals surface area contributed by atoms with Gasteiger partial charge in [-0.05, 0) is 29.3 Å². The minimum Gasteiger partial charge on any atom is -0.369 e. The molecule has 1 aliphatic rings. The molecule has 0 saturated carbocycles. The summed E-state index contributed by atoms with van der Waals surface area (Å²) in [6.45, 7) is 3.87. The molecule has 30 heavy (non-hydrogen) atoms. The van der Waals surface area contributed by atoms with Crippen molar-refractivity contribution in [1.82, 2.24) is 10.2 Å². The second-order valence-corrected chi connectivity index (χ2v) is 8.00. The molecule has 3 aromatic carbocycles. The van der Waals surface area contributed by atoms with Crippen LogP contribution in [0.25, 0.3) is 0 Å². The lowest BCUT2D eigenvalue weighted by atomic mass is 9.99. The van der Waals surface area contributed by atoms with Crippen molar-refractivity contribution in [2.75, 3.05) is 37.6 Å². The number of benzene rings is 3. The number of amides is 1. The summed E-state index contributed by atoms with van der Waals surface area (Å²) >= 11 is 6.12. The van der Waals surface area contributed by atoms with Crippen LogP contribution in [0.5, 0.6) is 0 Å². The Morgan fingerprint density at radius 2 is 1.43 bits per heavy atom. The summed E-state index contributed by atoms with van der Waals surface area (Å²) in [5, 5.41) is 3.99. The van der Waals surface area contributed by atoms with Crippen molar-refractivity contribution in [1.29, 1.82) is 0 Å². The highest BCUT2D eigenvalue weighted by atomic mass is 35.5. The van der Waals surface area contributed by atoms with Gasteiger partial charge >= 0.3 is 0 Å². The number of hydrogen-bond donors (Lipinski definition) is 1. The largest absolute Gasteiger partial charge is 0.369 e. The number of carbonyl (C=O) groups is 1. The maximum Gasteiger partial charge on any atom is 0.234 e. The quantitative estimate of drug-likeness (QED) is 0.644. The predicted molar refractivity (Wildman–Crippen MR) is 123 cm³/mol. The van der Waals surface area contributed by atoms with Crippen molar-refractivity contribution in [2.24, 2.45) is 0 Å². The number of hydrogen-bond acceptors (Lipinski definition) is 3. The summed E-state index contributed by atoms with van der Waals surface area (Å²) in [7, 11) is 0. The standard InChI is InChI=1S/C25H26ClN3O/c26-22-12-7-13-23(18-22)29-16-14-28(15-17-29)19-24(30)27-25(20-8-3-1-4-9-20)21-10-5-2-6-11-21/h1-13,18,25H,14-17,19H2,(H,27,30). The van der Waals surface area contributed by atoms with Crippen LogP contribution in [0.4, 0.5) is 5.69 Å². The Hall–Kier alpha value is -2.82. The van der Waals surface area contributed by atoms with E-state index < -0.39 is 0 Å². The molecular formula is C25H26ClN3O. The second-order valence-electron chi connectivity index (χ2n) is 7.56. The molecule has 0 radical (unpaired) electrons. The van der Waals surface area contributed by atoms with Gasteiger partial charge in [0.25, 0.3) is 0 Å². The van der Waals surface area contributed by atoms with E-state index >= 15 is 0 Å². The van der Waals surface area contributed by atoms with Crippen LogP contribution in [-0.2, 0) is 4.79 Å². The number of carbonyl (C=O) groups excluding carboxylic acids is 1. The van der Waals surface area contributed by atoms with Gasteiger partial charge in [0.05, 0.1) is 12.6 Å². The lowest BCUT2D eigenvalue weighted by Gasteiger charge is -2.36. The number of halogens is 1. The molecule has 3 aromatic rings. The normalized spacial score (nSPS) is 14.7. The van der Waals surface area contributed by atoms with Crippen LogP contribution in [0.15, 0.2) is 84.9 Å². The molecule has 0 aromatic heterocycles. The van der Waals surface area contributed by atoms with Crippen LogP contribution in [-0.4, -0.2) is 43.5 Å². The van der Waals surface area contributed by atoms with E-state index in [1.54, 1.807) is 0 Å². The van der Waals surface area contributed by atoms with E-state index in [0.717, 1.165) is 48.0 Å². The lowest BCUT2D eigenvalue weighted by Crippen LogP contribution is -2.49. The van der Waals surface area contributed by atoms with Crippen LogP contribution in [0, 0.1) is 0 Å². The van der Waals surface area contributed by atoms with Gasteiger partial charge in [-0.15, -0.1) is 0 Å². The van der Waals surface area contributed by atoms with Gasteiger partial charge in [0.2, 0.25) is 5.91 Å². The minimum atomic E-state index is -0.146. The number of anilines is 1. The monoisotopic (exact) mass is 419 g/mol. The average molecular weight is 420 g/mol. The molecule has 154 valence electrons. The van der Waals surface area contributed by atoms with Gasteiger partial charge in [0.15, 0.2) is 0 Å². The molecule has 1 heterocycles. The number of nitrogens with zero attached hydrogens (tertiary/aromatic N) is 2. The molecular weight excluding hydrogens is 394 g/mol. The first-order chi connectivity index (χ1) is 14.7. The number of piperazine rings is 1. The first-order valence-electron chi connectivity index (χ1n) is 10.3. The summed E-state index contributed by atoms with van der Waals surface area (Å²) in [5.41, 5.74) is 3.31. The molecule has 1 aliphatic heterocycles. The summed E-state index contributed by atoms with van der Waals surface area (Å²) < 4.78 is 0. The molecule has 1 N–H and O–H groups in total. The first kappa shape index (κ1) is 20.5. The number of rotatable bonds is 6. The maximum absolute atomic E-state index is 12.9. The summed E-state index contributed by atoms with van der Waals surface area (Å²) in [5.74, 6) is 0.0453. The van der Waals surface area contributed by atoms with Crippen molar-refractivity contribution in [3.63, 3.8) is 0 Å². The fourth-order valence-electron chi connectivity index (χ4n) is 3.90. The third kappa shape index (κ3) is 5.21. The Morgan fingerprint density at radius 3 is 2.00 bits per heavy atom. The van der Waals surface area contributed by atoms with E-state index in [2.05, 4.69) is 45.4 Å². The molecule has 4 rings (SSSR count). The first-order valence-corrected chi connectivity index (χ1v) is 10.7. The van der Waals surface area contributed by atoms with E-state index in [4.69, 9.17) is 11.6 Å². The van der Waals surface area contributed by atoms with Crippen molar-refractivity contribution < 1.29 is 4.79 Å². The van der Waals surface area contributed by atoms with Crippen LogP contribution in [0.1, 0.15) is 17.2 Å². The molecule has 1 amide bonds. The van der Waals surface area contributed by atoms with Crippen LogP contribution in [0.2, 0.25) is 5.02 Å². The SMILES string of the molecule is O=C(CN1CCN(c2cccc(Cl)c2)CC1)NC(c1ccccc1)c1ccccc1. The van der Waals surface area contributed by atoms with Crippen molar-refractivity contribution in [3.8, 4) is 0 Å². The number of nitrogens with one attached hydrogen (secondary N) is 1. The minimum absolute atomic E-state index is 0.0453. The van der Waals surface area contributed by atoms with E-state index in [0.29, 0.717) is 6.54 Å². The van der Waals surface area contributed by atoms with Gasteiger partial charge in [-0.3, -0.25) is 9.69 Å². The van der Waals surface area contributed by atoms with E-state index in [1.807, 2.05) is 54.6 Å². The smallest absolute Gasteiger partial charge is 0.234 e. The van der Waals surface area contributed by atoms with Crippen LogP contribution < -0.4 is 10.2 Å². The Balaban J connectivity index is 1.36. The fourth-order valence-corrected chi connectivity index (χ4v) is 4.08. The van der Waals surface area contributed by atoms with Crippen molar-refractivity contribution in [2.45, 2.75) is 6.04 Å². The third-order valence-corrected chi connectivity index (χ3v) is 5.72. The van der Waals surface area contributed by atoms with Crippen LogP contribution in [0.3, 0.4) is 0 Å². The van der Waals surface area contributed by atoms with Gasteiger partial charge in [-0.2, -0.15) is 0 Å². The van der Waals surface area contributed by atoms with Crippen LogP contribution >= 0.6 is 11.6 Å². The van der Waals surface area contributed by atoms with Crippen molar-refractivity contribution >= 4 is 23.2 Å². The molecule has 4 nitrogen and oxygen atoms in total. The summed E-state index contributed by atoms with van der Waals surface area (Å²) in [4.78, 5) is 17.4. The zero-order chi connectivity index (χ0) is 20.8. The molecule has 0 atom stereocenters. The summed E-state index contributed by atoms with van der Waals surface area (Å²) in [6.07, 6.45) is 0. The predicted octanol–water partition coefficient (Wildman–Crippen LogP) is 4.37. The third-order valence-electron chi connectivity index (χ3n) is 5.48. The zero-order valence-corrected chi connectivity index (χ0v) is 17.6. The van der Waals surface area contributed by atoms with Gasteiger partial charge in [0, 0.05) is 36.9 Å². The average Bonchev–Trinajstić information content (AvgIpc) is 2.79.